The maximum Gasteiger partial charge on any atom is 0.229 e. The number of hydrogen-bond donors (Lipinski definition) is 1. The molecule has 170 valence electrons. The number of aryl methyl sites for hydroxylation is 1. The number of carbonyl (C=O) groups excluding carboxylic acids is 1. The van der Waals surface area contributed by atoms with Crippen molar-refractivity contribution >= 4 is 40.1 Å². The van der Waals surface area contributed by atoms with Crippen LogP contribution in [0.1, 0.15) is 56.6 Å². The minimum atomic E-state index is -0.0732. The van der Waals surface area contributed by atoms with Crippen LogP contribution in [0.2, 0.25) is 5.02 Å². The van der Waals surface area contributed by atoms with E-state index in [1.165, 1.54) is 0 Å². The molecule has 33 heavy (non-hydrogen) atoms. The van der Waals surface area contributed by atoms with Crippen LogP contribution in [0.4, 0.5) is 11.6 Å². The van der Waals surface area contributed by atoms with Gasteiger partial charge in [0.15, 0.2) is 0 Å². The second-order valence-corrected chi connectivity index (χ2v) is 8.93. The van der Waals surface area contributed by atoms with Crippen LogP contribution in [0.5, 0.6) is 0 Å². The highest BCUT2D eigenvalue weighted by atomic mass is 35.5. The number of unbranched alkanes of at least 4 members (excludes halogenated alkanes) is 2. The lowest BCUT2D eigenvalue weighted by Gasteiger charge is -2.16. The SMILES string of the molecule is CCCCCC(C(C)=O)c1cccc(-n2ccc3cnc(Nc4cc(Cl)ccc4C)nc32)c1. The fourth-order valence-corrected chi connectivity index (χ4v) is 4.30. The minimum Gasteiger partial charge on any atom is -0.324 e. The summed E-state index contributed by atoms with van der Waals surface area (Å²) in [6.07, 6.45) is 8.03. The van der Waals surface area contributed by atoms with Crippen molar-refractivity contribution in [3.63, 3.8) is 0 Å². The van der Waals surface area contributed by atoms with Gasteiger partial charge in [-0.05, 0) is 61.7 Å². The molecule has 0 aliphatic heterocycles. The van der Waals surface area contributed by atoms with Crippen LogP contribution in [-0.2, 0) is 4.79 Å². The molecule has 1 N–H and O–H groups in total. The van der Waals surface area contributed by atoms with Crippen molar-refractivity contribution in [1.29, 1.82) is 0 Å². The van der Waals surface area contributed by atoms with Crippen molar-refractivity contribution in [2.45, 2.75) is 52.4 Å². The van der Waals surface area contributed by atoms with Gasteiger partial charge in [-0.1, -0.05) is 56.0 Å². The maximum absolute atomic E-state index is 12.4. The number of anilines is 2. The van der Waals surface area contributed by atoms with Crippen LogP contribution < -0.4 is 5.32 Å². The quantitative estimate of drug-likeness (QED) is 0.265. The summed E-state index contributed by atoms with van der Waals surface area (Å²) in [5.74, 6) is 0.646. The minimum absolute atomic E-state index is 0.0732. The Balaban J connectivity index is 1.67. The Morgan fingerprint density at radius 3 is 2.79 bits per heavy atom. The Bertz CT molecular complexity index is 1280. The number of carbonyl (C=O) groups is 1. The molecule has 4 rings (SSSR count). The van der Waals surface area contributed by atoms with Crippen molar-refractivity contribution in [3.05, 3.63) is 77.1 Å². The van der Waals surface area contributed by atoms with E-state index in [2.05, 4.69) is 29.4 Å². The van der Waals surface area contributed by atoms with Crippen molar-refractivity contribution in [2.75, 3.05) is 5.32 Å². The van der Waals surface area contributed by atoms with Crippen LogP contribution in [0.25, 0.3) is 16.7 Å². The molecule has 0 aliphatic carbocycles. The van der Waals surface area contributed by atoms with Gasteiger partial charge in [-0.2, -0.15) is 4.98 Å². The predicted molar refractivity (Wildman–Crippen MR) is 136 cm³/mol. The van der Waals surface area contributed by atoms with Gasteiger partial charge in [-0.15, -0.1) is 0 Å². The third-order valence-corrected chi connectivity index (χ3v) is 6.25. The zero-order valence-electron chi connectivity index (χ0n) is 19.3. The molecule has 0 spiro atoms. The topological polar surface area (TPSA) is 59.8 Å². The normalized spacial score (nSPS) is 12.1. The van der Waals surface area contributed by atoms with E-state index in [0.29, 0.717) is 11.0 Å². The lowest BCUT2D eigenvalue weighted by Crippen LogP contribution is -2.09. The van der Waals surface area contributed by atoms with Crippen LogP contribution in [0, 0.1) is 6.92 Å². The first-order valence-corrected chi connectivity index (χ1v) is 11.8. The number of aromatic nitrogens is 3. The van der Waals surface area contributed by atoms with Gasteiger partial charge in [0.2, 0.25) is 5.95 Å². The molecule has 2 aromatic heterocycles. The van der Waals surface area contributed by atoms with E-state index in [-0.39, 0.29) is 11.7 Å². The average Bonchev–Trinajstić information content (AvgIpc) is 3.22. The van der Waals surface area contributed by atoms with Gasteiger partial charge < -0.3 is 9.88 Å². The fourth-order valence-electron chi connectivity index (χ4n) is 4.13. The van der Waals surface area contributed by atoms with E-state index >= 15 is 0 Å². The molecule has 0 amide bonds. The number of nitrogens with one attached hydrogen (secondary N) is 1. The summed E-state index contributed by atoms with van der Waals surface area (Å²) >= 11 is 6.16. The Morgan fingerprint density at radius 1 is 1.15 bits per heavy atom. The van der Waals surface area contributed by atoms with Gasteiger partial charge in [0.1, 0.15) is 11.4 Å². The van der Waals surface area contributed by atoms with Gasteiger partial charge >= 0.3 is 0 Å². The van der Waals surface area contributed by atoms with E-state index in [1.807, 2.05) is 60.3 Å². The Kier molecular flexibility index (Phi) is 7.09. The number of rotatable bonds is 9. The van der Waals surface area contributed by atoms with E-state index in [4.69, 9.17) is 16.6 Å². The van der Waals surface area contributed by atoms with Gasteiger partial charge in [-0.3, -0.25) is 4.79 Å². The van der Waals surface area contributed by atoms with E-state index in [9.17, 15) is 4.79 Å². The monoisotopic (exact) mass is 460 g/mol. The molecule has 2 aromatic carbocycles. The molecule has 5 nitrogen and oxygen atoms in total. The third-order valence-electron chi connectivity index (χ3n) is 6.01. The van der Waals surface area contributed by atoms with Crippen LogP contribution in [-0.4, -0.2) is 20.3 Å². The molecule has 0 saturated heterocycles. The molecule has 6 heteroatoms. The second-order valence-electron chi connectivity index (χ2n) is 8.50. The summed E-state index contributed by atoms with van der Waals surface area (Å²) in [6.45, 7) is 5.88. The molecule has 1 atom stereocenters. The highest BCUT2D eigenvalue weighted by molar-refractivity contribution is 6.30. The third kappa shape index (κ3) is 5.25. The molecule has 0 fully saturated rings. The maximum atomic E-state index is 12.4. The number of hydrogen-bond acceptors (Lipinski definition) is 4. The van der Waals surface area contributed by atoms with Gasteiger partial charge in [0.05, 0.1) is 0 Å². The van der Waals surface area contributed by atoms with E-state index < -0.39 is 0 Å². The summed E-state index contributed by atoms with van der Waals surface area (Å²) in [7, 11) is 0. The van der Waals surface area contributed by atoms with E-state index in [1.54, 1.807) is 6.92 Å². The molecule has 0 aliphatic rings. The lowest BCUT2D eigenvalue weighted by atomic mass is 9.90. The Hall–Kier alpha value is -3.18. The van der Waals surface area contributed by atoms with Crippen molar-refractivity contribution in [2.24, 2.45) is 0 Å². The first-order valence-electron chi connectivity index (χ1n) is 11.4. The fraction of sp³-hybridized carbons (Fsp3) is 0.296. The molecule has 0 bridgehead atoms. The predicted octanol–water partition coefficient (Wildman–Crippen LogP) is 7.38. The Morgan fingerprint density at radius 2 is 2.00 bits per heavy atom. The highest BCUT2D eigenvalue weighted by Crippen LogP contribution is 2.28. The van der Waals surface area contributed by atoms with Gasteiger partial charge in [0.25, 0.3) is 0 Å². The number of nitrogens with zero attached hydrogens (tertiary/aromatic N) is 3. The zero-order chi connectivity index (χ0) is 23.4. The van der Waals surface area contributed by atoms with Crippen molar-refractivity contribution < 1.29 is 4.79 Å². The number of benzene rings is 2. The number of fused-ring (bicyclic) bond motifs is 1. The summed E-state index contributed by atoms with van der Waals surface area (Å²) in [6, 6.07) is 15.9. The molecule has 4 aromatic rings. The van der Waals surface area contributed by atoms with Gasteiger partial charge in [0, 0.05) is 40.1 Å². The van der Waals surface area contributed by atoms with E-state index in [0.717, 1.165) is 59.2 Å². The number of ketones is 1. The first kappa shape index (κ1) is 23.0. The lowest BCUT2D eigenvalue weighted by molar-refractivity contribution is -0.118. The standard InChI is InChI=1S/C27H29ClN4O/c1-4-5-6-10-24(19(3)33)20-8-7-9-23(15-20)32-14-13-21-17-29-27(31-26(21)32)30-25-16-22(28)12-11-18(25)2/h7-9,11-17,24H,4-6,10H2,1-3H3,(H,29,30,31). The molecular formula is C27H29ClN4O. The van der Waals surface area contributed by atoms with Crippen LogP contribution in [0.15, 0.2) is 60.9 Å². The molecule has 2 heterocycles. The first-order chi connectivity index (χ1) is 16.0. The second kappa shape index (κ2) is 10.2. The Labute approximate surface area is 199 Å². The summed E-state index contributed by atoms with van der Waals surface area (Å²) in [4.78, 5) is 21.6. The molecule has 0 saturated carbocycles. The number of halogens is 1. The van der Waals surface area contributed by atoms with Crippen molar-refractivity contribution in [3.8, 4) is 5.69 Å². The van der Waals surface area contributed by atoms with Crippen LogP contribution in [0.3, 0.4) is 0 Å². The zero-order valence-corrected chi connectivity index (χ0v) is 20.1. The average molecular weight is 461 g/mol. The summed E-state index contributed by atoms with van der Waals surface area (Å²) in [5, 5.41) is 4.88. The molecule has 0 radical (unpaired) electrons. The summed E-state index contributed by atoms with van der Waals surface area (Å²) in [5.41, 5.74) is 4.77. The van der Waals surface area contributed by atoms with Crippen molar-refractivity contribution in [1.82, 2.24) is 14.5 Å². The smallest absolute Gasteiger partial charge is 0.229 e. The highest BCUT2D eigenvalue weighted by Gasteiger charge is 2.17. The van der Waals surface area contributed by atoms with Gasteiger partial charge in [-0.25, -0.2) is 4.98 Å². The molecular weight excluding hydrogens is 432 g/mol. The molecule has 1 unspecified atom stereocenters. The number of Topliss-reactive ketones (excluding diaryl/α,β-unsaturated/α-hetero) is 1. The summed E-state index contributed by atoms with van der Waals surface area (Å²) < 4.78 is 2.04. The largest absolute Gasteiger partial charge is 0.324 e. The van der Waals surface area contributed by atoms with Crippen LogP contribution >= 0.6 is 11.6 Å².